The third kappa shape index (κ3) is 8.58. The van der Waals surface area contributed by atoms with Crippen LogP contribution in [0.1, 0.15) is 66.4 Å². The van der Waals surface area contributed by atoms with Crippen LogP contribution in [0.5, 0.6) is 0 Å². The van der Waals surface area contributed by atoms with Crippen LogP contribution in [0, 0.1) is 5.92 Å². The number of unbranched alkanes of at least 4 members (excludes halogenated alkanes) is 1. The van der Waals surface area contributed by atoms with Gasteiger partial charge in [0.1, 0.15) is 5.69 Å². The highest BCUT2D eigenvalue weighted by Gasteiger charge is 2.20. The van der Waals surface area contributed by atoms with Gasteiger partial charge in [-0.15, -0.1) is 0 Å². The zero-order chi connectivity index (χ0) is 25.1. The zero-order valence-electron chi connectivity index (χ0n) is 19.7. The van der Waals surface area contributed by atoms with Crippen LogP contribution < -0.4 is 10.0 Å². The molecule has 1 heterocycles. The van der Waals surface area contributed by atoms with Crippen LogP contribution in [0.25, 0.3) is 0 Å². The SMILES string of the molecule is CCCCC(C)COC(=O)c1ccc(C(=O)NS(=O)(=O)c2ccc(CCNC(C)=O)cc2)cn1. The number of aromatic nitrogens is 1. The van der Waals surface area contributed by atoms with E-state index in [2.05, 4.69) is 17.2 Å². The smallest absolute Gasteiger partial charge is 0.356 e. The van der Waals surface area contributed by atoms with Crippen molar-refractivity contribution in [2.24, 2.45) is 5.92 Å². The molecule has 0 bridgehead atoms. The molecule has 1 aromatic heterocycles. The Morgan fingerprint density at radius 1 is 1.09 bits per heavy atom. The van der Waals surface area contributed by atoms with Gasteiger partial charge in [0.25, 0.3) is 15.9 Å². The van der Waals surface area contributed by atoms with E-state index in [1.807, 2.05) is 11.6 Å². The summed E-state index contributed by atoms with van der Waals surface area (Å²) >= 11 is 0. The van der Waals surface area contributed by atoms with Crippen molar-refractivity contribution in [2.45, 2.75) is 51.3 Å². The Bertz CT molecular complexity index is 1080. The van der Waals surface area contributed by atoms with Gasteiger partial charge < -0.3 is 10.1 Å². The number of esters is 1. The molecule has 2 N–H and O–H groups in total. The lowest BCUT2D eigenvalue weighted by atomic mass is 10.1. The fourth-order valence-electron chi connectivity index (χ4n) is 3.03. The lowest BCUT2D eigenvalue weighted by Crippen LogP contribution is -2.30. The highest BCUT2D eigenvalue weighted by atomic mass is 32.2. The van der Waals surface area contributed by atoms with Gasteiger partial charge in [0.2, 0.25) is 5.91 Å². The predicted octanol–water partition coefficient (Wildman–Crippen LogP) is 2.86. The average molecular weight is 490 g/mol. The van der Waals surface area contributed by atoms with Gasteiger partial charge in [0.05, 0.1) is 17.1 Å². The third-order valence-electron chi connectivity index (χ3n) is 5.03. The van der Waals surface area contributed by atoms with E-state index in [1.54, 1.807) is 12.1 Å². The normalized spacial score (nSPS) is 12.0. The van der Waals surface area contributed by atoms with Crippen molar-refractivity contribution in [3.8, 4) is 0 Å². The molecule has 34 heavy (non-hydrogen) atoms. The second-order valence-electron chi connectivity index (χ2n) is 8.09. The van der Waals surface area contributed by atoms with E-state index in [1.165, 1.54) is 31.2 Å². The lowest BCUT2D eigenvalue weighted by molar-refractivity contribution is -0.118. The van der Waals surface area contributed by atoms with Crippen LogP contribution >= 0.6 is 0 Å². The molecular formula is C24H31N3O6S. The Morgan fingerprint density at radius 2 is 1.79 bits per heavy atom. The van der Waals surface area contributed by atoms with Crippen LogP contribution in [0.2, 0.25) is 0 Å². The Balaban J connectivity index is 1.94. The van der Waals surface area contributed by atoms with Gasteiger partial charge in [-0.2, -0.15) is 0 Å². The summed E-state index contributed by atoms with van der Waals surface area (Å²) in [6.07, 6.45) is 4.78. The summed E-state index contributed by atoms with van der Waals surface area (Å²) in [5, 5.41) is 2.66. The minimum absolute atomic E-state index is 0.0108. The van der Waals surface area contributed by atoms with E-state index in [0.717, 1.165) is 31.0 Å². The van der Waals surface area contributed by atoms with E-state index >= 15 is 0 Å². The van der Waals surface area contributed by atoms with Crippen molar-refractivity contribution in [3.05, 3.63) is 59.4 Å². The molecule has 10 heteroatoms. The minimum Gasteiger partial charge on any atom is -0.461 e. The first kappa shape index (κ1) is 27.0. The highest BCUT2D eigenvalue weighted by molar-refractivity contribution is 7.90. The van der Waals surface area contributed by atoms with Crippen molar-refractivity contribution < 1.29 is 27.5 Å². The molecule has 1 atom stereocenters. The van der Waals surface area contributed by atoms with Crippen molar-refractivity contribution in [1.29, 1.82) is 0 Å². The molecule has 0 spiro atoms. The number of pyridine rings is 1. The first-order chi connectivity index (χ1) is 16.1. The van der Waals surface area contributed by atoms with Crippen LogP contribution in [0.3, 0.4) is 0 Å². The number of nitrogens with one attached hydrogen (secondary N) is 2. The first-order valence-electron chi connectivity index (χ1n) is 11.2. The van der Waals surface area contributed by atoms with E-state index in [0.29, 0.717) is 13.0 Å². The largest absolute Gasteiger partial charge is 0.461 e. The molecule has 0 fully saturated rings. The van der Waals surface area contributed by atoms with Gasteiger partial charge in [-0.3, -0.25) is 9.59 Å². The number of carbonyl (C=O) groups excluding carboxylic acids is 3. The number of hydrogen-bond acceptors (Lipinski definition) is 7. The second-order valence-corrected chi connectivity index (χ2v) is 9.77. The summed E-state index contributed by atoms with van der Waals surface area (Å²) in [6, 6.07) is 8.65. The summed E-state index contributed by atoms with van der Waals surface area (Å²) < 4.78 is 32.3. The summed E-state index contributed by atoms with van der Waals surface area (Å²) in [6.45, 7) is 6.24. The molecule has 0 saturated carbocycles. The van der Waals surface area contributed by atoms with Crippen LogP contribution in [-0.2, 0) is 26.0 Å². The molecule has 2 amide bonds. The van der Waals surface area contributed by atoms with E-state index in [9.17, 15) is 22.8 Å². The molecule has 0 saturated heterocycles. The number of sulfonamides is 1. The Morgan fingerprint density at radius 3 is 2.38 bits per heavy atom. The number of ether oxygens (including phenoxy) is 1. The second kappa shape index (κ2) is 12.8. The summed E-state index contributed by atoms with van der Waals surface area (Å²) in [5.41, 5.74) is 0.866. The van der Waals surface area contributed by atoms with E-state index in [4.69, 9.17) is 4.74 Å². The maximum absolute atomic E-state index is 12.5. The molecule has 0 aliphatic heterocycles. The first-order valence-corrected chi connectivity index (χ1v) is 12.6. The Hall–Kier alpha value is -3.27. The predicted molar refractivity (Wildman–Crippen MR) is 127 cm³/mol. The molecule has 9 nitrogen and oxygen atoms in total. The van der Waals surface area contributed by atoms with Gasteiger partial charge in [0, 0.05) is 19.7 Å². The minimum atomic E-state index is -4.10. The van der Waals surface area contributed by atoms with Crippen LogP contribution in [0.15, 0.2) is 47.5 Å². The molecular weight excluding hydrogens is 458 g/mol. The number of carbonyl (C=O) groups is 3. The highest BCUT2D eigenvalue weighted by Crippen LogP contribution is 2.13. The molecule has 2 aromatic rings. The molecule has 2 rings (SSSR count). The molecule has 0 aliphatic rings. The zero-order valence-corrected chi connectivity index (χ0v) is 20.5. The topological polar surface area (TPSA) is 132 Å². The molecule has 0 aliphatic carbocycles. The fourth-order valence-corrected chi connectivity index (χ4v) is 4.01. The van der Waals surface area contributed by atoms with Crippen molar-refractivity contribution >= 4 is 27.8 Å². The van der Waals surface area contributed by atoms with Crippen LogP contribution in [0.4, 0.5) is 0 Å². The molecule has 184 valence electrons. The van der Waals surface area contributed by atoms with Gasteiger partial charge >= 0.3 is 5.97 Å². The van der Waals surface area contributed by atoms with E-state index < -0.39 is 21.9 Å². The standard InChI is InChI=1S/C24H31N3O6S/c1-4-5-6-17(2)16-33-24(30)22-12-9-20(15-26-22)23(29)27-34(31,32)21-10-7-19(8-11-21)13-14-25-18(3)28/h7-12,15,17H,4-6,13-14,16H2,1-3H3,(H,25,28)(H,27,29). The fraction of sp³-hybridized carbons (Fsp3) is 0.417. The van der Waals surface area contributed by atoms with Gasteiger partial charge in [-0.25, -0.2) is 22.9 Å². The molecule has 1 aromatic carbocycles. The maximum atomic E-state index is 12.5. The number of benzene rings is 1. The van der Waals surface area contributed by atoms with E-state index in [-0.39, 0.29) is 34.6 Å². The summed E-state index contributed by atoms with van der Waals surface area (Å²) in [4.78, 5) is 39.3. The Kier molecular flexibility index (Phi) is 10.2. The van der Waals surface area contributed by atoms with Gasteiger partial charge in [-0.1, -0.05) is 38.8 Å². The number of hydrogen-bond donors (Lipinski definition) is 2. The molecule has 1 unspecified atom stereocenters. The molecule has 0 radical (unpaired) electrons. The summed E-state index contributed by atoms with van der Waals surface area (Å²) in [7, 11) is -4.10. The maximum Gasteiger partial charge on any atom is 0.356 e. The van der Waals surface area contributed by atoms with Gasteiger partial charge in [0.15, 0.2) is 0 Å². The van der Waals surface area contributed by atoms with Crippen molar-refractivity contribution in [3.63, 3.8) is 0 Å². The summed E-state index contributed by atoms with van der Waals surface area (Å²) in [5.74, 6) is -1.36. The lowest BCUT2D eigenvalue weighted by Gasteiger charge is -2.11. The number of amides is 2. The Labute approximate surface area is 200 Å². The van der Waals surface area contributed by atoms with Crippen LogP contribution in [-0.4, -0.2) is 44.3 Å². The van der Waals surface area contributed by atoms with Crippen molar-refractivity contribution in [2.75, 3.05) is 13.2 Å². The van der Waals surface area contributed by atoms with Crippen molar-refractivity contribution in [1.82, 2.24) is 15.0 Å². The number of nitrogens with zero attached hydrogens (tertiary/aromatic N) is 1. The third-order valence-corrected chi connectivity index (χ3v) is 6.38. The average Bonchev–Trinajstić information content (AvgIpc) is 2.81. The monoisotopic (exact) mass is 489 g/mol. The number of rotatable bonds is 12. The quantitative estimate of drug-likeness (QED) is 0.438. The van der Waals surface area contributed by atoms with Gasteiger partial charge in [-0.05, 0) is 48.6 Å².